The minimum Gasteiger partial charge on any atom is -0.444 e. The zero-order chi connectivity index (χ0) is 27.6. The van der Waals surface area contributed by atoms with Crippen LogP contribution >= 0.6 is 0 Å². The van der Waals surface area contributed by atoms with Crippen LogP contribution in [0.3, 0.4) is 0 Å². The number of rotatable bonds is 6. The normalized spacial score (nSPS) is 14.3. The molecule has 5 rings (SSSR count). The lowest BCUT2D eigenvalue weighted by atomic mass is 10.1. The second-order valence-corrected chi connectivity index (χ2v) is 10.6. The molecule has 0 atom stereocenters. The van der Waals surface area contributed by atoms with Gasteiger partial charge in [-0.25, -0.2) is 9.78 Å². The molecule has 1 amide bonds. The summed E-state index contributed by atoms with van der Waals surface area (Å²) in [7, 11) is 1.84. The minimum atomic E-state index is -0.488. The Hall–Kier alpha value is -4.61. The number of nitrogens with two attached hydrogens (primary N) is 1. The summed E-state index contributed by atoms with van der Waals surface area (Å²) < 4.78 is 9.20. The predicted octanol–water partition coefficient (Wildman–Crippen LogP) is 4.72. The fourth-order valence-corrected chi connectivity index (χ4v) is 4.38. The maximum atomic E-state index is 12.4. The van der Waals surface area contributed by atoms with Gasteiger partial charge in [0.15, 0.2) is 5.82 Å². The van der Waals surface area contributed by atoms with Crippen molar-refractivity contribution in [1.82, 2.24) is 34.4 Å². The standard InChI is InChI=1S/C27H34N10O2/c1-27(2,3)39-26(38)36-11-9-22(10-12-36)37-16-19(13-31-37)18-5-7-20(8-6-18)32-24-23(28)15-29-25(34-24)33-21-14-30-35(4)17-21/h5-8,13-17,22H,9-12,28H2,1-4H3,(H2,29,32,33,34). The lowest BCUT2D eigenvalue weighted by Crippen LogP contribution is -2.42. The van der Waals surface area contributed by atoms with Crippen molar-refractivity contribution in [3.05, 3.63) is 55.2 Å². The van der Waals surface area contributed by atoms with E-state index in [1.807, 2.05) is 69.2 Å². The maximum absolute atomic E-state index is 12.4. The van der Waals surface area contributed by atoms with Gasteiger partial charge in [-0.15, -0.1) is 0 Å². The number of hydrogen-bond acceptors (Lipinski definition) is 9. The first kappa shape index (κ1) is 26.0. The Balaban J connectivity index is 1.19. The molecule has 0 radical (unpaired) electrons. The molecule has 0 bridgehead atoms. The number of benzene rings is 1. The third-order valence-electron chi connectivity index (χ3n) is 6.35. The van der Waals surface area contributed by atoms with Gasteiger partial charge in [0.2, 0.25) is 5.95 Å². The molecule has 0 saturated carbocycles. The van der Waals surface area contributed by atoms with Gasteiger partial charge < -0.3 is 26.0 Å². The second-order valence-electron chi connectivity index (χ2n) is 10.6. The first-order chi connectivity index (χ1) is 18.6. The number of nitrogen functional groups attached to an aromatic ring is 1. The van der Waals surface area contributed by atoms with E-state index < -0.39 is 5.60 Å². The summed E-state index contributed by atoms with van der Waals surface area (Å²) in [6.07, 6.45) is 10.5. The van der Waals surface area contributed by atoms with E-state index in [0.717, 1.165) is 35.3 Å². The summed E-state index contributed by atoms with van der Waals surface area (Å²) >= 11 is 0. The molecule has 1 aliphatic heterocycles. The van der Waals surface area contributed by atoms with E-state index in [4.69, 9.17) is 10.5 Å². The number of amides is 1. The van der Waals surface area contributed by atoms with Crippen molar-refractivity contribution in [2.75, 3.05) is 29.5 Å². The Labute approximate surface area is 227 Å². The average Bonchev–Trinajstić information content (AvgIpc) is 3.55. The van der Waals surface area contributed by atoms with Crippen molar-refractivity contribution in [1.29, 1.82) is 0 Å². The molecule has 0 aliphatic carbocycles. The van der Waals surface area contributed by atoms with E-state index >= 15 is 0 Å². The molecular weight excluding hydrogens is 496 g/mol. The number of anilines is 5. The van der Waals surface area contributed by atoms with E-state index in [0.29, 0.717) is 30.5 Å². The molecule has 4 heterocycles. The SMILES string of the molecule is Cn1cc(Nc2ncc(N)c(Nc3ccc(-c4cnn(C5CCN(C(=O)OC(C)(C)C)CC5)c4)cc3)n2)cn1. The first-order valence-corrected chi connectivity index (χ1v) is 12.9. The molecule has 204 valence electrons. The van der Waals surface area contributed by atoms with Gasteiger partial charge in [-0.3, -0.25) is 9.36 Å². The number of aryl methyl sites for hydroxylation is 1. The highest BCUT2D eigenvalue weighted by atomic mass is 16.6. The number of carbonyl (C=O) groups excluding carboxylic acids is 1. The molecule has 3 aromatic heterocycles. The maximum Gasteiger partial charge on any atom is 0.410 e. The molecule has 12 nitrogen and oxygen atoms in total. The summed E-state index contributed by atoms with van der Waals surface area (Å²) in [6, 6.07) is 8.25. The number of ether oxygens (including phenoxy) is 1. The number of piperidine rings is 1. The van der Waals surface area contributed by atoms with Crippen LogP contribution in [0.15, 0.2) is 55.2 Å². The van der Waals surface area contributed by atoms with Crippen LogP contribution in [-0.4, -0.2) is 59.2 Å². The smallest absolute Gasteiger partial charge is 0.410 e. The highest BCUT2D eigenvalue weighted by Crippen LogP contribution is 2.28. The molecule has 1 fully saturated rings. The van der Waals surface area contributed by atoms with Gasteiger partial charge in [0, 0.05) is 43.8 Å². The highest BCUT2D eigenvalue weighted by Gasteiger charge is 2.28. The van der Waals surface area contributed by atoms with Crippen molar-refractivity contribution in [3.63, 3.8) is 0 Å². The third-order valence-corrected chi connectivity index (χ3v) is 6.35. The molecule has 1 saturated heterocycles. The summed E-state index contributed by atoms with van der Waals surface area (Å²) in [5, 5.41) is 15.1. The van der Waals surface area contributed by atoms with E-state index in [9.17, 15) is 4.79 Å². The summed E-state index contributed by atoms with van der Waals surface area (Å²) in [6.45, 7) is 6.96. The summed E-state index contributed by atoms with van der Waals surface area (Å²) in [5.41, 5.74) is 9.77. The van der Waals surface area contributed by atoms with Crippen molar-refractivity contribution in [3.8, 4) is 11.1 Å². The van der Waals surface area contributed by atoms with Crippen LogP contribution in [0, 0.1) is 0 Å². The van der Waals surface area contributed by atoms with Gasteiger partial charge in [0.05, 0.1) is 36.0 Å². The van der Waals surface area contributed by atoms with E-state index in [1.165, 1.54) is 0 Å². The van der Waals surface area contributed by atoms with Crippen LogP contribution < -0.4 is 16.4 Å². The molecule has 39 heavy (non-hydrogen) atoms. The number of hydrogen-bond donors (Lipinski definition) is 3. The molecule has 12 heteroatoms. The highest BCUT2D eigenvalue weighted by molar-refractivity contribution is 5.72. The van der Waals surface area contributed by atoms with Crippen LogP contribution in [0.1, 0.15) is 39.7 Å². The van der Waals surface area contributed by atoms with Crippen LogP contribution in [-0.2, 0) is 11.8 Å². The Morgan fingerprint density at radius 3 is 2.38 bits per heavy atom. The van der Waals surface area contributed by atoms with Gasteiger partial charge in [0.1, 0.15) is 5.60 Å². The number of nitrogens with one attached hydrogen (secondary N) is 2. The van der Waals surface area contributed by atoms with E-state index in [-0.39, 0.29) is 12.1 Å². The topological polar surface area (TPSA) is 141 Å². The number of likely N-dealkylation sites (tertiary alicyclic amines) is 1. The number of aromatic nitrogens is 6. The molecule has 0 unspecified atom stereocenters. The van der Waals surface area contributed by atoms with Crippen LogP contribution in [0.5, 0.6) is 0 Å². The van der Waals surface area contributed by atoms with Gasteiger partial charge in [-0.05, 0) is 51.3 Å². The monoisotopic (exact) mass is 530 g/mol. The molecule has 1 aromatic carbocycles. The fourth-order valence-electron chi connectivity index (χ4n) is 4.38. The number of nitrogens with zero attached hydrogens (tertiary/aromatic N) is 7. The van der Waals surface area contributed by atoms with Crippen molar-refractivity contribution >= 4 is 34.9 Å². The Morgan fingerprint density at radius 1 is 0.974 bits per heavy atom. The summed E-state index contributed by atoms with van der Waals surface area (Å²) in [4.78, 5) is 22.9. The summed E-state index contributed by atoms with van der Waals surface area (Å²) in [5.74, 6) is 0.926. The van der Waals surface area contributed by atoms with Crippen LogP contribution in [0.4, 0.5) is 33.6 Å². The Morgan fingerprint density at radius 2 is 1.72 bits per heavy atom. The largest absolute Gasteiger partial charge is 0.444 e. The van der Waals surface area contributed by atoms with Gasteiger partial charge in [-0.2, -0.15) is 15.2 Å². The van der Waals surface area contributed by atoms with Gasteiger partial charge in [-0.1, -0.05) is 12.1 Å². The molecule has 4 N–H and O–H groups in total. The van der Waals surface area contributed by atoms with Crippen molar-refractivity contribution in [2.45, 2.75) is 45.3 Å². The zero-order valence-corrected chi connectivity index (χ0v) is 22.6. The predicted molar refractivity (Wildman–Crippen MR) is 150 cm³/mol. The fraction of sp³-hybridized carbons (Fsp3) is 0.370. The average molecular weight is 531 g/mol. The zero-order valence-electron chi connectivity index (χ0n) is 22.6. The minimum absolute atomic E-state index is 0.244. The molecule has 4 aromatic rings. The van der Waals surface area contributed by atoms with Crippen molar-refractivity contribution < 1.29 is 9.53 Å². The molecular formula is C27H34N10O2. The lowest BCUT2D eigenvalue weighted by molar-refractivity contribution is 0.0185. The molecule has 0 spiro atoms. The van der Waals surface area contributed by atoms with E-state index in [1.54, 1.807) is 22.0 Å². The number of carbonyl (C=O) groups is 1. The first-order valence-electron chi connectivity index (χ1n) is 12.9. The molecule has 1 aliphatic rings. The van der Waals surface area contributed by atoms with Crippen molar-refractivity contribution in [2.24, 2.45) is 7.05 Å². The van der Waals surface area contributed by atoms with Crippen LogP contribution in [0.2, 0.25) is 0 Å². The van der Waals surface area contributed by atoms with Gasteiger partial charge >= 0.3 is 6.09 Å². The Kier molecular flexibility index (Phi) is 7.09. The van der Waals surface area contributed by atoms with Gasteiger partial charge in [0.25, 0.3) is 0 Å². The second kappa shape index (κ2) is 10.6. The lowest BCUT2D eigenvalue weighted by Gasteiger charge is -2.33. The Bertz CT molecular complexity index is 1430. The van der Waals surface area contributed by atoms with Crippen LogP contribution in [0.25, 0.3) is 11.1 Å². The third kappa shape index (κ3) is 6.46. The van der Waals surface area contributed by atoms with E-state index in [2.05, 4.69) is 37.0 Å². The quantitative estimate of drug-likeness (QED) is 0.323.